The third-order valence-corrected chi connectivity index (χ3v) is 2.54. The Bertz CT molecular complexity index is 178. The minimum atomic E-state index is 0.562. The van der Waals surface area contributed by atoms with Crippen LogP contribution in [0.3, 0.4) is 0 Å². The lowest BCUT2D eigenvalue weighted by Gasteiger charge is -2.27. The minimum Gasteiger partial charge on any atom is -0.370 e. The predicted molar refractivity (Wildman–Crippen MR) is 50.1 cm³/mol. The molecular formula is C9H17N3. The van der Waals surface area contributed by atoms with Crippen LogP contribution in [0.15, 0.2) is 4.99 Å². The summed E-state index contributed by atoms with van der Waals surface area (Å²) in [5, 5.41) is 0. The summed E-state index contributed by atoms with van der Waals surface area (Å²) in [5.41, 5.74) is 5.87. The first kappa shape index (κ1) is 7.90. The van der Waals surface area contributed by atoms with Gasteiger partial charge in [-0.05, 0) is 32.1 Å². The highest BCUT2D eigenvalue weighted by molar-refractivity contribution is 5.78. The highest BCUT2D eigenvalue weighted by Crippen LogP contribution is 2.23. The van der Waals surface area contributed by atoms with Gasteiger partial charge in [-0.3, -0.25) is 0 Å². The number of nitrogens with zero attached hydrogens (tertiary/aromatic N) is 2. The van der Waals surface area contributed by atoms with Gasteiger partial charge >= 0.3 is 0 Å². The Kier molecular flexibility index (Phi) is 2.19. The van der Waals surface area contributed by atoms with Gasteiger partial charge in [0.1, 0.15) is 0 Å². The fourth-order valence-corrected chi connectivity index (χ4v) is 1.60. The van der Waals surface area contributed by atoms with Crippen LogP contribution in [0.25, 0.3) is 0 Å². The maximum Gasteiger partial charge on any atom is 0.191 e. The van der Waals surface area contributed by atoms with Crippen LogP contribution in [0.5, 0.6) is 0 Å². The molecule has 0 amide bonds. The number of aliphatic imine (C=N–C) groups is 1. The van der Waals surface area contributed by atoms with E-state index in [1.54, 1.807) is 0 Å². The van der Waals surface area contributed by atoms with E-state index in [4.69, 9.17) is 5.73 Å². The van der Waals surface area contributed by atoms with Crippen LogP contribution in [-0.2, 0) is 0 Å². The molecule has 68 valence electrons. The Morgan fingerprint density at radius 3 is 2.42 bits per heavy atom. The topological polar surface area (TPSA) is 41.6 Å². The summed E-state index contributed by atoms with van der Waals surface area (Å²) in [6, 6.07) is 0.562. The average Bonchev–Trinajstić information content (AvgIpc) is 2.90. The SMILES string of the molecule is NC(=NC1CC1)N1CCCCC1. The Morgan fingerprint density at radius 1 is 1.17 bits per heavy atom. The fourth-order valence-electron chi connectivity index (χ4n) is 1.60. The van der Waals surface area contributed by atoms with E-state index in [-0.39, 0.29) is 0 Å². The maximum absolute atomic E-state index is 5.87. The molecule has 0 bridgehead atoms. The number of guanidine groups is 1. The number of likely N-dealkylation sites (tertiary alicyclic amines) is 1. The number of nitrogens with two attached hydrogens (primary N) is 1. The van der Waals surface area contributed by atoms with Crippen molar-refractivity contribution in [1.82, 2.24) is 4.90 Å². The zero-order valence-electron chi connectivity index (χ0n) is 7.50. The Hall–Kier alpha value is -0.730. The van der Waals surface area contributed by atoms with Crippen molar-refractivity contribution in [3.05, 3.63) is 0 Å². The zero-order valence-corrected chi connectivity index (χ0v) is 7.50. The van der Waals surface area contributed by atoms with Crippen LogP contribution in [0, 0.1) is 0 Å². The molecule has 2 N–H and O–H groups in total. The molecule has 0 atom stereocenters. The van der Waals surface area contributed by atoms with E-state index in [9.17, 15) is 0 Å². The van der Waals surface area contributed by atoms with Gasteiger partial charge in [0.15, 0.2) is 5.96 Å². The molecule has 1 saturated carbocycles. The third-order valence-electron chi connectivity index (χ3n) is 2.54. The smallest absolute Gasteiger partial charge is 0.191 e. The van der Waals surface area contributed by atoms with E-state index in [2.05, 4.69) is 9.89 Å². The molecule has 1 saturated heterocycles. The van der Waals surface area contributed by atoms with Crippen molar-refractivity contribution in [1.29, 1.82) is 0 Å². The first-order valence-corrected chi connectivity index (χ1v) is 4.94. The van der Waals surface area contributed by atoms with Gasteiger partial charge in [-0.15, -0.1) is 0 Å². The first-order chi connectivity index (χ1) is 5.86. The van der Waals surface area contributed by atoms with E-state index in [1.807, 2.05) is 0 Å². The van der Waals surface area contributed by atoms with Crippen LogP contribution in [0.1, 0.15) is 32.1 Å². The lowest BCUT2D eigenvalue weighted by Crippen LogP contribution is -2.41. The summed E-state index contributed by atoms with van der Waals surface area (Å²) >= 11 is 0. The first-order valence-electron chi connectivity index (χ1n) is 4.94. The largest absolute Gasteiger partial charge is 0.370 e. The van der Waals surface area contributed by atoms with Crippen LogP contribution >= 0.6 is 0 Å². The summed E-state index contributed by atoms with van der Waals surface area (Å²) < 4.78 is 0. The summed E-state index contributed by atoms with van der Waals surface area (Å²) in [5.74, 6) is 0.789. The Balaban J connectivity index is 1.87. The molecule has 0 aromatic rings. The van der Waals surface area contributed by atoms with E-state index in [1.165, 1.54) is 32.1 Å². The van der Waals surface area contributed by atoms with Crippen molar-refractivity contribution in [2.75, 3.05) is 13.1 Å². The number of piperidine rings is 1. The molecule has 1 aliphatic heterocycles. The van der Waals surface area contributed by atoms with Gasteiger partial charge in [0.25, 0.3) is 0 Å². The van der Waals surface area contributed by atoms with Crippen LogP contribution in [0.2, 0.25) is 0 Å². The molecule has 2 aliphatic rings. The van der Waals surface area contributed by atoms with E-state index in [0.717, 1.165) is 19.0 Å². The Morgan fingerprint density at radius 2 is 1.83 bits per heavy atom. The van der Waals surface area contributed by atoms with Crippen molar-refractivity contribution in [3.63, 3.8) is 0 Å². The molecule has 0 radical (unpaired) electrons. The van der Waals surface area contributed by atoms with Crippen molar-refractivity contribution >= 4 is 5.96 Å². The second-order valence-corrected chi connectivity index (χ2v) is 3.77. The summed E-state index contributed by atoms with van der Waals surface area (Å²) in [7, 11) is 0. The van der Waals surface area contributed by atoms with Crippen LogP contribution < -0.4 is 5.73 Å². The second kappa shape index (κ2) is 3.33. The molecule has 12 heavy (non-hydrogen) atoms. The molecule has 0 unspecified atom stereocenters. The quantitative estimate of drug-likeness (QED) is 0.466. The Labute approximate surface area is 73.6 Å². The molecule has 0 aromatic carbocycles. The standard InChI is InChI=1S/C9H17N3/c10-9(11-8-4-5-8)12-6-2-1-3-7-12/h8H,1-7H2,(H2,10,11). The van der Waals surface area contributed by atoms with Crippen molar-refractivity contribution in [3.8, 4) is 0 Å². The molecule has 1 heterocycles. The van der Waals surface area contributed by atoms with E-state index < -0.39 is 0 Å². The highest BCUT2D eigenvalue weighted by Gasteiger charge is 2.22. The van der Waals surface area contributed by atoms with Gasteiger partial charge in [0, 0.05) is 13.1 Å². The van der Waals surface area contributed by atoms with Gasteiger partial charge in [-0.2, -0.15) is 0 Å². The maximum atomic E-state index is 5.87. The monoisotopic (exact) mass is 167 g/mol. The van der Waals surface area contributed by atoms with Crippen molar-refractivity contribution in [2.45, 2.75) is 38.1 Å². The molecule has 0 aromatic heterocycles. The second-order valence-electron chi connectivity index (χ2n) is 3.77. The van der Waals surface area contributed by atoms with Gasteiger partial charge in [0.05, 0.1) is 6.04 Å². The minimum absolute atomic E-state index is 0.562. The molecule has 3 heteroatoms. The molecule has 2 fully saturated rings. The zero-order chi connectivity index (χ0) is 8.39. The molecule has 0 spiro atoms. The molecule has 3 nitrogen and oxygen atoms in total. The number of rotatable bonds is 1. The highest BCUT2D eigenvalue weighted by atomic mass is 15.3. The summed E-state index contributed by atoms with van der Waals surface area (Å²) in [6.45, 7) is 2.23. The van der Waals surface area contributed by atoms with Gasteiger partial charge in [0.2, 0.25) is 0 Å². The third kappa shape index (κ3) is 1.90. The average molecular weight is 167 g/mol. The molecular weight excluding hydrogens is 150 g/mol. The van der Waals surface area contributed by atoms with Crippen molar-refractivity contribution < 1.29 is 0 Å². The predicted octanol–water partition coefficient (Wildman–Crippen LogP) is 0.949. The van der Waals surface area contributed by atoms with Gasteiger partial charge in [-0.1, -0.05) is 0 Å². The number of hydrogen-bond donors (Lipinski definition) is 1. The molecule has 1 aliphatic carbocycles. The van der Waals surface area contributed by atoms with Gasteiger partial charge < -0.3 is 10.6 Å². The van der Waals surface area contributed by atoms with Crippen molar-refractivity contribution in [2.24, 2.45) is 10.7 Å². The molecule has 2 rings (SSSR count). The van der Waals surface area contributed by atoms with E-state index >= 15 is 0 Å². The number of hydrogen-bond acceptors (Lipinski definition) is 1. The fraction of sp³-hybridized carbons (Fsp3) is 0.889. The normalized spacial score (nSPS) is 26.0. The summed E-state index contributed by atoms with van der Waals surface area (Å²) in [4.78, 5) is 6.66. The lowest BCUT2D eigenvalue weighted by atomic mass is 10.1. The van der Waals surface area contributed by atoms with Crippen LogP contribution in [0.4, 0.5) is 0 Å². The van der Waals surface area contributed by atoms with Gasteiger partial charge in [-0.25, -0.2) is 4.99 Å². The lowest BCUT2D eigenvalue weighted by molar-refractivity contribution is 0.338. The summed E-state index contributed by atoms with van der Waals surface area (Å²) in [6.07, 6.45) is 6.40. The van der Waals surface area contributed by atoms with E-state index in [0.29, 0.717) is 6.04 Å². The van der Waals surface area contributed by atoms with Crippen LogP contribution in [-0.4, -0.2) is 30.0 Å².